The predicted molar refractivity (Wildman–Crippen MR) is 109 cm³/mol. The Morgan fingerprint density at radius 2 is 1.97 bits per heavy atom. The van der Waals surface area contributed by atoms with E-state index in [4.69, 9.17) is 0 Å². The maximum absolute atomic E-state index is 12.7. The van der Waals surface area contributed by atoms with Gasteiger partial charge < -0.3 is 15.0 Å². The Bertz CT molecular complexity index is 1410. The summed E-state index contributed by atoms with van der Waals surface area (Å²) in [6.07, 6.45) is -0.299. The molecule has 162 valence electrons. The first-order valence-electron chi connectivity index (χ1n) is 9.49. The van der Waals surface area contributed by atoms with Crippen LogP contribution in [-0.2, 0) is 0 Å². The number of halogens is 3. The Hall–Kier alpha value is -4.22. The first kappa shape index (κ1) is 19.7. The number of ether oxygens (including phenoxy) is 1. The van der Waals surface area contributed by atoms with E-state index >= 15 is 0 Å². The molecule has 0 aliphatic rings. The molecule has 4 heterocycles. The van der Waals surface area contributed by atoms with Crippen LogP contribution in [0.4, 0.5) is 19.0 Å². The van der Waals surface area contributed by atoms with Crippen LogP contribution in [-0.4, -0.2) is 40.8 Å². The van der Waals surface area contributed by atoms with Gasteiger partial charge in [0.1, 0.15) is 28.9 Å². The smallest absolute Gasteiger partial charge is 0.406 e. The number of nitrogens with one attached hydrogen (secondary N) is 2. The monoisotopic (exact) mass is 440 g/mol. The Balaban J connectivity index is 1.59. The molecule has 0 saturated carbocycles. The van der Waals surface area contributed by atoms with E-state index in [1.165, 1.54) is 30.9 Å². The lowest BCUT2D eigenvalue weighted by molar-refractivity contribution is -0.274. The van der Waals surface area contributed by atoms with Crippen molar-refractivity contribution in [3.05, 3.63) is 61.1 Å². The van der Waals surface area contributed by atoms with Gasteiger partial charge in [-0.05, 0) is 31.2 Å². The van der Waals surface area contributed by atoms with Crippen molar-refractivity contribution in [2.45, 2.75) is 19.3 Å². The molecular weight excluding hydrogens is 425 g/mol. The summed E-state index contributed by atoms with van der Waals surface area (Å²) in [6.45, 7) is 1.86. The number of hydrogen-bond donors (Lipinski definition) is 2. The van der Waals surface area contributed by atoms with Crippen LogP contribution in [0.3, 0.4) is 0 Å². The van der Waals surface area contributed by atoms with Gasteiger partial charge in [-0.15, -0.1) is 13.2 Å². The lowest BCUT2D eigenvalue weighted by Crippen LogP contribution is -2.17. The number of anilines is 1. The molecule has 0 radical (unpaired) electrons. The summed E-state index contributed by atoms with van der Waals surface area (Å²) in [7, 11) is 0. The zero-order chi connectivity index (χ0) is 22.3. The van der Waals surface area contributed by atoms with E-state index < -0.39 is 12.4 Å². The highest BCUT2D eigenvalue weighted by molar-refractivity contribution is 5.82. The largest absolute Gasteiger partial charge is 0.573 e. The predicted octanol–water partition coefficient (Wildman–Crippen LogP) is 4.16. The van der Waals surface area contributed by atoms with E-state index in [1.807, 2.05) is 6.92 Å². The molecule has 0 saturated heterocycles. The van der Waals surface area contributed by atoms with Crippen LogP contribution in [0.2, 0.25) is 0 Å². The van der Waals surface area contributed by atoms with Crippen molar-refractivity contribution in [2.24, 2.45) is 0 Å². The van der Waals surface area contributed by atoms with Crippen molar-refractivity contribution in [1.29, 1.82) is 0 Å². The molecule has 0 aliphatic carbocycles. The molecule has 1 aromatic carbocycles. The van der Waals surface area contributed by atoms with Crippen molar-refractivity contribution in [3.63, 3.8) is 0 Å². The molecule has 9 nitrogen and oxygen atoms in total. The van der Waals surface area contributed by atoms with Crippen LogP contribution in [0, 0.1) is 0 Å². The van der Waals surface area contributed by atoms with Crippen molar-refractivity contribution in [3.8, 4) is 11.4 Å². The number of fused-ring (bicyclic) bond motifs is 2. The average molecular weight is 440 g/mol. The van der Waals surface area contributed by atoms with Gasteiger partial charge in [-0.3, -0.25) is 4.57 Å². The van der Waals surface area contributed by atoms with Gasteiger partial charge in [0.2, 0.25) is 0 Å². The lowest BCUT2D eigenvalue weighted by atomic mass is 10.2. The van der Waals surface area contributed by atoms with Crippen LogP contribution in [0.15, 0.2) is 55.2 Å². The summed E-state index contributed by atoms with van der Waals surface area (Å²) in [4.78, 5) is 24.5. The van der Waals surface area contributed by atoms with Crippen LogP contribution in [0.25, 0.3) is 28.0 Å². The fourth-order valence-electron chi connectivity index (χ4n) is 3.44. The minimum absolute atomic E-state index is 0.339. The maximum Gasteiger partial charge on any atom is 0.573 e. The van der Waals surface area contributed by atoms with Gasteiger partial charge in [-0.25, -0.2) is 24.9 Å². The van der Waals surface area contributed by atoms with Crippen LogP contribution < -0.4 is 10.1 Å². The molecule has 32 heavy (non-hydrogen) atoms. The quantitative estimate of drug-likeness (QED) is 0.423. The van der Waals surface area contributed by atoms with Gasteiger partial charge in [0.25, 0.3) is 0 Å². The molecule has 0 fully saturated rings. The van der Waals surface area contributed by atoms with Gasteiger partial charge in [-0.1, -0.05) is 6.07 Å². The van der Waals surface area contributed by atoms with Crippen molar-refractivity contribution in [1.82, 2.24) is 34.5 Å². The van der Waals surface area contributed by atoms with E-state index in [-0.39, 0.29) is 5.75 Å². The number of alkyl halides is 3. The Morgan fingerprint density at radius 1 is 1.09 bits per heavy atom. The van der Waals surface area contributed by atoms with Crippen LogP contribution in [0.1, 0.15) is 18.8 Å². The molecule has 4 aromatic heterocycles. The second-order valence-electron chi connectivity index (χ2n) is 6.89. The number of imidazole rings is 2. The summed E-state index contributed by atoms with van der Waals surface area (Å²) in [5, 5.41) is 3.27. The molecule has 1 unspecified atom stereocenters. The number of pyridine rings is 1. The number of aromatic nitrogens is 7. The first-order valence-corrected chi connectivity index (χ1v) is 9.49. The molecule has 1 atom stereocenters. The zero-order valence-electron chi connectivity index (χ0n) is 16.5. The number of nitrogens with zero attached hydrogens (tertiary/aromatic N) is 6. The van der Waals surface area contributed by atoms with Crippen molar-refractivity contribution in [2.75, 3.05) is 5.32 Å². The third kappa shape index (κ3) is 3.66. The minimum atomic E-state index is -4.80. The number of rotatable bonds is 5. The van der Waals surface area contributed by atoms with Gasteiger partial charge in [0.05, 0.1) is 18.1 Å². The summed E-state index contributed by atoms with van der Waals surface area (Å²) in [5.41, 5.74) is 2.64. The van der Waals surface area contributed by atoms with Crippen molar-refractivity contribution >= 4 is 28.1 Å². The van der Waals surface area contributed by atoms with E-state index in [1.54, 1.807) is 29.0 Å². The number of benzene rings is 1. The lowest BCUT2D eigenvalue weighted by Gasteiger charge is -2.17. The van der Waals surface area contributed by atoms with E-state index in [9.17, 15) is 13.2 Å². The molecule has 5 aromatic rings. The molecule has 0 amide bonds. The standard InChI is InChI=1S/C20H15F3N8O/c1-11(29-17-15-16(26-9-25-15)27-10-28-17)18-30-14-6-3-7-24-19(14)31(18)12-4-2-5-13(8-12)32-20(21,22)23/h2-11H,1H3,(H2,25,26,27,28,29). The molecule has 2 N–H and O–H groups in total. The van der Waals surface area contributed by atoms with Gasteiger partial charge in [0, 0.05) is 12.3 Å². The molecule has 5 rings (SSSR count). The second-order valence-corrected chi connectivity index (χ2v) is 6.89. The fraction of sp³-hybridized carbons (Fsp3) is 0.150. The maximum atomic E-state index is 12.7. The molecule has 0 bridgehead atoms. The molecular formula is C20H15F3N8O. The topological polar surface area (TPSA) is 106 Å². The van der Waals surface area contributed by atoms with Gasteiger partial charge in [-0.2, -0.15) is 0 Å². The minimum Gasteiger partial charge on any atom is -0.406 e. The third-order valence-corrected chi connectivity index (χ3v) is 4.71. The van der Waals surface area contributed by atoms with Crippen LogP contribution in [0.5, 0.6) is 5.75 Å². The highest BCUT2D eigenvalue weighted by Gasteiger charge is 2.31. The average Bonchev–Trinajstić information content (AvgIpc) is 3.38. The van der Waals surface area contributed by atoms with E-state index in [2.05, 4.69) is 40.0 Å². The number of H-pyrrole nitrogens is 1. The number of hydrogen-bond acceptors (Lipinski definition) is 7. The molecule has 0 spiro atoms. The third-order valence-electron chi connectivity index (χ3n) is 4.71. The number of aromatic amines is 1. The molecule has 12 heteroatoms. The highest BCUT2D eigenvalue weighted by atomic mass is 19.4. The van der Waals surface area contributed by atoms with Crippen molar-refractivity contribution < 1.29 is 17.9 Å². The normalized spacial score (nSPS) is 12.9. The SMILES string of the molecule is CC(Nc1ncnc2nc[nH]c12)c1nc2cccnc2n1-c1cccc(OC(F)(F)F)c1. The first-order chi connectivity index (χ1) is 15.4. The summed E-state index contributed by atoms with van der Waals surface area (Å²) in [5.74, 6) is 0.698. The zero-order valence-corrected chi connectivity index (χ0v) is 16.5. The summed E-state index contributed by atoms with van der Waals surface area (Å²) < 4.78 is 44.0. The van der Waals surface area contributed by atoms with Gasteiger partial charge >= 0.3 is 6.36 Å². The fourth-order valence-corrected chi connectivity index (χ4v) is 3.44. The van der Waals surface area contributed by atoms with Crippen LogP contribution >= 0.6 is 0 Å². The molecule has 0 aliphatic heterocycles. The highest BCUT2D eigenvalue weighted by Crippen LogP contribution is 2.30. The Labute approximate surface area is 178 Å². The van der Waals surface area contributed by atoms with E-state index in [0.29, 0.717) is 39.7 Å². The second kappa shape index (κ2) is 7.48. The summed E-state index contributed by atoms with van der Waals surface area (Å²) in [6, 6.07) is 8.78. The van der Waals surface area contributed by atoms with Gasteiger partial charge in [0.15, 0.2) is 17.1 Å². The Morgan fingerprint density at radius 3 is 2.81 bits per heavy atom. The summed E-state index contributed by atoms with van der Waals surface area (Å²) >= 11 is 0. The van der Waals surface area contributed by atoms with E-state index in [0.717, 1.165) is 0 Å². The Kier molecular flexibility index (Phi) is 4.61.